The lowest BCUT2D eigenvalue weighted by Crippen LogP contribution is -2.34. The van der Waals surface area contributed by atoms with Gasteiger partial charge in [-0.25, -0.2) is 0 Å². The summed E-state index contributed by atoms with van der Waals surface area (Å²) in [6.45, 7) is 6.85. The Balaban J connectivity index is 2.11. The van der Waals surface area contributed by atoms with E-state index in [4.69, 9.17) is 10.5 Å². The second-order valence-electron chi connectivity index (χ2n) is 6.98. The van der Waals surface area contributed by atoms with Crippen LogP contribution in [0.3, 0.4) is 0 Å². The van der Waals surface area contributed by atoms with E-state index in [1.807, 2.05) is 0 Å². The number of nitrogens with one attached hydrogen (secondary N) is 1. The molecule has 0 heterocycles. The van der Waals surface area contributed by atoms with E-state index in [0.29, 0.717) is 28.3 Å². The van der Waals surface area contributed by atoms with Gasteiger partial charge in [0.2, 0.25) is 0 Å². The molecule has 21 heavy (non-hydrogen) atoms. The number of carbonyl (C=O) groups is 1. The standard InChI is InChI=1S/C17H26N2O2/c1-11-7-13(10-17(2,3)9-11)21-15-6-5-12(8-14(15)18)16(20)19-4/h5-6,8,11,13H,7,9-10,18H2,1-4H3,(H,19,20). The number of hydrogen-bond acceptors (Lipinski definition) is 3. The van der Waals surface area contributed by atoms with Crippen LogP contribution in [0, 0.1) is 11.3 Å². The third kappa shape index (κ3) is 3.90. The van der Waals surface area contributed by atoms with Crippen molar-refractivity contribution in [2.24, 2.45) is 11.3 Å². The second-order valence-corrected chi connectivity index (χ2v) is 6.98. The molecule has 1 aromatic carbocycles. The molecular formula is C17H26N2O2. The maximum atomic E-state index is 11.6. The van der Waals surface area contributed by atoms with Crippen molar-refractivity contribution >= 4 is 11.6 Å². The molecule has 2 rings (SSSR count). The summed E-state index contributed by atoms with van der Waals surface area (Å²) in [7, 11) is 1.61. The number of nitrogen functional groups attached to an aromatic ring is 1. The SMILES string of the molecule is CNC(=O)c1ccc(OC2CC(C)CC(C)(C)C2)c(N)c1. The minimum absolute atomic E-state index is 0.138. The highest BCUT2D eigenvalue weighted by atomic mass is 16.5. The van der Waals surface area contributed by atoms with Crippen molar-refractivity contribution in [2.45, 2.75) is 46.1 Å². The largest absolute Gasteiger partial charge is 0.488 e. The Morgan fingerprint density at radius 1 is 1.38 bits per heavy atom. The summed E-state index contributed by atoms with van der Waals surface area (Å²) in [5.74, 6) is 1.20. The molecule has 116 valence electrons. The van der Waals surface area contributed by atoms with Crippen molar-refractivity contribution in [2.75, 3.05) is 12.8 Å². The molecule has 0 bridgehead atoms. The molecule has 1 aromatic rings. The smallest absolute Gasteiger partial charge is 0.251 e. The first-order valence-corrected chi connectivity index (χ1v) is 7.59. The van der Waals surface area contributed by atoms with E-state index < -0.39 is 0 Å². The lowest BCUT2D eigenvalue weighted by atomic mass is 9.71. The van der Waals surface area contributed by atoms with Gasteiger partial charge in [0.05, 0.1) is 11.8 Å². The summed E-state index contributed by atoms with van der Waals surface area (Å²) in [5, 5.41) is 2.59. The molecule has 4 nitrogen and oxygen atoms in total. The molecule has 1 aliphatic rings. The normalized spacial score (nSPS) is 24.4. The number of hydrogen-bond donors (Lipinski definition) is 2. The number of ether oxygens (including phenoxy) is 1. The van der Waals surface area contributed by atoms with Crippen LogP contribution in [0.2, 0.25) is 0 Å². The van der Waals surface area contributed by atoms with Gasteiger partial charge in [0.1, 0.15) is 5.75 Å². The topological polar surface area (TPSA) is 64.3 Å². The lowest BCUT2D eigenvalue weighted by Gasteiger charge is -2.39. The summed E-state index contributed by atoms with van der Waals surface area (Å²) in [5.41, 5.74) is 7.41. The van der Waals surface area contributed by atoms with Crippen LogP contribution < -0.4 is 15.8 Å². The minimum atomic E-state index is -0.138. The third-order valence-electron chi connectivity index (χ3n) is 4.14. The monoisotopic (exact) mass is 290 g/mol. The molecule has 0 radical (unpaired) electrons. The van der Waals surface area contributed by atoms with Gasteiger partial charge in [0, 0.05) is 12.6 Å². The molecule has 3 N–H and O–H groups in total. The van der Waals surface area contributed by atoms with E-state index in [2.05, 4.69) is 26.1 Å². The highest BCUT2D eigenvalue weighted by Gasteiger charge is 2.33. The van der Waals surface area contributed by atoms with Gasteiger partial charge < -0.3 is 15.8 Å². The lowest BCUT2D eigenvalue weighted by molar-refractivity contribution is 0.0567. The molecule has 1 saturated carbocycles. The van der Waals surface area contributed by atoms with E-state index >= 15 is 0 Å². The van der Waals surface area contributed by atoms with Crippen LogP contribution >= 0.6 is 0 Å². The maximum absolute atomic E-state index is 11.6. The molecule has 0 aliphatic heterocycles. The zero-order valence-corrected chi connectivity index (χ0v) is 13.4. The minimum Gasteiger partial charge on any atom is -0.488 e. The molecular weight excluding hydrogens is 264 g/mol. The molecule has 0 spiro atoms. The van der Waals surface area contributed by atoms with Crippen LogP contribution in [-0.2, 0) is 0 Å². The third-order valence-corrected chi connectivity index (χ3v) is 4.14. The molecule has 2 atom stereocenters. The number of carbonyl (C=O) groups excluding carboxylic acids is 1. The Hall–Kier alpha value is -1.71. The van der Waals surface area contributed by atoms with E-state index in [1.54, 1.807) is 25.2 Å². The second kappa shape index (κ2) is 5.96. The van der Waals surface area contributed by atoms with Crippen LogP contribution in [0.15, 0.2) is 18.2 Å². The highest BCUT2D eigenvalue weighted by molar-refractivity contribution is 5.95. The Morgan fingerprint density at radius 2 is 2.10 bits per heavy atom. The first-order valence-electron chi connectivity index (χ1n) is 7.59. The predicted molar refractivity (Wildman–Crippen MR) is 85.5 cm³/mol. The van der Waals surface area contributed by atoms with Crippen molar-refractivity contribution in [1.29, 1.82) is 0 Å². The first kappa shape index (κ1) is 15.7. The van der Waals surface area contributed by atoms with Crippen LogP contribution in [0.25, 0.3) is 0 Å². The van der Waals surface area contributed by atoms with Crippen molar-refractivity contribution < 1.29 is 9.53 Å². The molecule has 4 heteroatoms. The zero-order valence-electron chi connectivity index (χ0n) is 13.4. The molecule has 1 aliphatic carbocycles. The molecule has 1 fully saturated rings. The van der Waals surface area contributed by atoms with Gasteiger partial charge in [-0.05, 0) is 48.8 Å². The number of anilines is 1. The van der Waals surface area contributed by atoms with Crippen molar-refractivity contribution in [3.8, 4) is 5.75 Å². The van der Waals surface area contributed by atoms with E-state index in [9.17, 15) is 4.79 Å². The summed E-state index contributed by atoms with van der Waals surface area (Å²) in [6, 6.07) is 5.22. The Bertz CT molecular complexity index is 526. The Kier molecular flexibility index (Phi) is 4.45. The summed E-state index contributed by atoms with van der Waals surface area (Å²) < 4.78 is 6.10. The van der Waals surface area contributed by atoms with Gasteiger partial charge in [-0.1, -0.05) is 20.8 Å². The number of nitrogens with two attached hydrogens (primary N) is 1. The maximum Gasteiger partial charge on any atom is 0.251 e. The number of benzene rings is 1. The Labute approximate surface area is 127 Å². The van der Waals surface area contributed by atoms with Crippen LogP contribution in [0.5, 0.6) is 5.75 Å². The van der Waals surface area contributed by atoms with Crippen molar-refractivity contribution in [1.82, 2.24) is 5.32 Å². The summed E-state index contributed by atoms with van der Waals surface area (Å²) in [6.07, 6.45) is 3.52. The van der Waals surface area contributed by atoms with Crippen LogP contribution in [0.4, 0.5) is 5.69 Å². The van der Waals surface area contributed by atoms with Gasteiger partial charge in [0.25, 0.3) is 5.91 Å². The molecule has 1 amide bonds. The summed E-state index contributed by atoms with van der Waals surface area (Å²) >= 11 is 0. The van der Waals surface area contributed by atoms with Gasteiger partial charge >= 0.3 is 0 Å². The average molecular weight is 290 g/mol. The van der Waals surface area contributed by atoms with Crippen molar-refractivity contribution in [3.63, 3.8) is 0 Å². The number of rotatable bonds is 3. The average Bonchev–Trinajstić information content (AvgIpc) is 2.37. The van der Waals surface area contributed by atoms with Gasteiger partial charge in [0.15, 0.2) is 0 Å². The van der Waals surface area contributed by atoms with Crippen LogP contribution in [0.1, 0.15) is 50.4 Å². The highest BCUT2D eigenvalue weighted by Crippen LogP contribution is 2.40. The fourth-order valence-electron chi connectivity index (χ4n) is 3.47. The van der Waals surface area contributed by atoms with E-state index in [1.165, 1.54) is 6.42 Å². The summed E-state index contributed by atoms with van der Waals surface area (Å²) in [4.78, 5) is 11.6. The van der Waals surface area contributed by atoms with Gasteiger partial charge in [-0.15, -0.1) is 0 Å². The zero-order chi connectivity index (χ0) is 15.6. The van der Waals surface area contributed by atoms with Gasteiger partial charge in [-0.2, -0.15) is 0 Å². The Morgan fingerprint density at radius 3 is 2.67 bits per heavy atom. The molecule has 0 saturated heterocycles. The fraction of sp³-hybridized carbons (Fsp3) is 0.588. The fourth-order valence-corrected chi connectivity index (χ4v) is 3.47. The van der Waals surface area contributed by atoms with Gasteiger partial charge in [-0.3, -0.25) is 4.79 Å². The van der Waals surface area contributed by atoms with Crippen molar-refractivity contribution in [3.05, 3.63) is 23.8 Å². The predicted octanol–water partition coefficient (Wildman–Crippen LogP) is 3.22. The molecule has 0 aromatic heterocycles. The molecule has 2 unspecified atom stereocenters. The van der Waals surface area contributed by atoms with Crippen LogP contribution in [-0.4, -0.2) is 19.1 Å². The van der Waals surface area contributed by atoms with E-state index in [0.717, 1.165) is 12.8 Å². The first-order chi connectivity index (χ1) is 9.80. The quantitative estimate of drug-likeness (QED) is 0.840. The van der Waals surface area contributed by atoms with E-state index in [-0.39, 0.29) is 12.0 Å². The number of amides is 1.